The minimum Gasteiger partial charge on any atom is -0.481 e. The first-order valence-corrected chi connectivity index (χ1v) is 8.82. The number of carboxylic acids is 1. The van der Waals surface area contributed by atoms with E-state index < -0.39 is 17.4 Å². The maximum Gasteiger partial charge on any atom is 0.305 e. The predicted octanol–water partition coefficient (Wildman–Crippen LogP) is 1.09. The number of aliphatic carboxylic acids is 1. The summed E-state index contributed by atoms with van der Waals surface area (Å²) in [4.78, 5) is 37.7. The van der Waals surface area contributed by atoms with Gasteiger partial charge in [0.15, 0.2) is 0 Å². The maximum atomic E-state index is 12.6. The summed E-state index contributed by atoms with van der Waals surface area (Å²) in [5.41, 5.74) is 1.31. The van der Waals surface area contributed by atoms with Crippen LogP contribution in [0.3, 0.4) is 0 Å². The fourth-order valence-corrected chi connectivity index (χ4v) is 3.56. The Morgan fingerprint density at radius 1 is 1.35 bits per heavy atom. The third kappa shape index (κ3) is 4.22. The number of likely N-dealkylation sites (tertiary alicyclic amines) is 1. The monoisotopic (exact) mass is 360 g/mol. The van der Waals surface area contributed by atoms with Crippen LogP contribution in [0.5, 0.6) is 0 Å². The van der Waals surface area contributed by atoms with E-state index in [2.05, 4.69) is 5.32 Å². The summed E-state index contributed by atoms with van der Waals surface area (Å²) in [6.45, 7) is 3.45. The van der Waals surface area contributed by atoms with E-state index in [-0.39, 0.29) is 31.3 Å². The number of ether oxygens (including phenoxy) is 1. The lowest BCUT2D eigenvalue weighted by molar-refractivity contribution is -0.139. The molecule has 2 atom stereocenters. The fourth-order valence-electron chi connectivity index (χ4n) is 3.56. The molecule has 140 valence electrons. The molecule has 7 heteroatoms. The van der Waals surface area contributed by atoms with Crippen molar-refractivity contribution in [2.24, 2.45) is 5.92 Å². The van der Waals surface area contributed by atoms with Crippen LogP contribution < -0.4 is 5.32 Å². The van der Waals surface area contributed by atoms with Gasteiger partial charge in [-0.05, 0) is 18.9 Å². The first-order valence-electron chi connectivity index (χ1n) is 8.82. The molecule has 2 N–H and O–H groups in total. The molecule has 2 amide bonds. The van der Waals surface area contributed by atoms with Gasteiger partial charge in [-0.3, -0.25) is 14.4 Å². The Bertz CT molecular complexity index is 694. The minimum absolute atomic E-state index is 0.0549. The molecular formula is C19H24N2O5. The van der Waals surface area contributed by atoms with Crippen molar-refractivity contribution >= 4 is 17.8 Å². The predicted molar refractivity (Wildman–Crippen MR) is 93.3 cm³/mol. The van der Waals surface area contributed by atoms with Gasteiger partial charge < -0.3 is 20.1 Å². The van der Waals surface area contributed by atoms with Gasteiger partial charge in [-0.2, -0.15) is 0 Å². The Kier molecular flexibility index (Phi) is 5.27. The third-order valence-electron chi connectivity index (χ3n) is 5.06. The molecule has 0 saturated carbocycles. The smallest absolute Gasteiger partial charge is 0.305 e. The van der Waals surface area contributed by atoms with Crippen LogP contribution in [0.2, 0.25) is 0 Å². The molecule has 0 aliphatic carbocycles. The molecule has 0 radical (unpaired) electrons. The van der Waals surface area contributed by atoms with Gasteiger partial charge in [-0.15, -0.1) is 0 Å². The largest absolute Gasteiger partial charge is 0.481 e. The number of rotatable bonds is 6. The zero-order valence-electron chi connectivity index (χ0n) is 14.9. The molecule has 0 bridgehead atoms. The summed E-state index contributed by atoms with van der Waals surface area (Å²) < 4.78 is 5.30. The van der Waals surface area contributed by atoms with Crippen molar-refractivity contribution in [3.63, 3.8) is 0 Å². The molecule has 1 aromatic carbocycles. The lowest BCUT2D eigenvalue weighted by Crippen LogP contribution is -2.52. The van der Waals surface area contributed by atoms with Crippen LogP contribution in [-0.4, -0.2) is 53.1 Å². The Morgan fingerprint density at radius 2 is 2.08 bits per heavy atom. The number of nitrogens with zero attached hydrogens (tertiary/aromatic N) is 1. The molecule has 3 rings (SSSR count). The lowest BCUT2D eigenvalue weighted by Gasteiger charge is -2.28. The Balaban J connectivity index is 1.61. The number of carbonyl (C=O) groups excluding carboxylic acids is 2. The Labute approximate surface area is 152 Å². The van der Waals surface area contributed by atoms with Crippen LogP contribution >= 0.6 is 0 Å². The number of nitrogens with one attached hydrogen (secondary N) is 1. The normalized spacial score (nSPS) is 25.5. The number of carbonyl (C=O) groups is 3. The molecule has 2 saturated heterocycles. The highest BCUT2D eigenvalue weighted by molar-refractivity contribution is 5.89. The quantitative estimate of drug-likeness (QED) is 0.792. The van der Waals surface area contributed by atoms with E-state index in [0.29, 0.717) is 26.1 Å². The molecule has 0 spiro atoms. The van der Waals surface area contributed by atoms with E-state index in [1.54, 1.807) is 4.90 Å². The van der Waals surface area contributed by atoms with Crippen molar-refractivity contribution < 1.29 is 24.2 Å². The number of hydrogen-bond acceptors (Lipinski definition) is 4. The van der Waals surface area contributed by atoms with E-state index in [1.165, 1.54) is 0 Å². The highest BCUT2D eigenvalue weighted by Gasteiger charge is 2.42. The van der Waals surface area contributed by atoms with Gasteiger partial charge in [0.05, 0.1) is 24.5 Å². The van der Waals surface area contributed by atoms with Crippen LogP contribution in [0.25, 0.3) is 0 Å². The van der Waals surface area contributed by atoms with E-state index in [0.717, 1.165) is 11.1 Å². The number of amides is 2. The summed E-state index contributed by atoms with van der Waals surface area (Å²) in [5, 5.41) is 12.0. The molecule has 2 unspecified atom stereocenters. The number of hydrogen-bond donors (Lipinski definition) is 2. The van der Waals surface area contributed by atoms with Crippen molar-refractivity contribution in [2.45, 2.75) is 38.3 Å². The second-order valence-corrected chi connectivity index (χ2v) is 7.30. The zero-order chi connectivity index (χ0) is 18.7. The van der Waals surface area contributed by atoms with Gasteiger partial charge in [0.2, 0.25) is 11.8 Å². The molecule has 2 aliphatic rings. The Morgan fingerprint density at radius 3 is 2.69 bits per heavy atom. The first-order chi connectivity index (χ1) is 12.4. The minimum atomic E-state index is -0.973. The number of carboxylic acid groups (broad SMARTS) is 1. The zero-order valence-corrected chi connectivity index (χ0v) is 14.9. The molecule has 2 heterocycles. The average molecular weight is 360 g/mol. The highest BCUT2D eigenvalue weighted by Crippen LogP contribution is 2.26. The van der Waals surface area contributed by atoms with Crippen molar-refractivity contribution in [3.05, 3.63) is 35.4 Å². The lowest BCUT2D eigenvalue weighted by atomic mass is 9.93. The van der Waals surface area contributed by atoms with E-state index in [1.807, 2.05) is 31.2 Å². The number of aryl methyl sites for hydroxylation is 1. The molecule has 26 heavy (non-hydrogen) atoms. The van der Waals surface area contributed by atoms with Crippen LogP contribution in [0.15, 0.2) is 24.3 Å². The van der Waals surface area contributed by atoms with E-state index >= 15 is 0 Å². The average Bonchev–Trinajstić information content (AvgIpc) is 3.16. The van der Waals surface area contributed by atoms with Crippen molar-refractivity contribution in [2.75, 3.05) is 19.8 Å². The summed E-state index contributed by atoms with van der Waals surface area (Å²) in [7, 11) is 0. The van der Waals surface area contributed by atoms with Crippen LogP contribution in [-0.2, 0) is 25.7 Å². The van der Waals surface area contributed by atoms with Crippen molar-refractivity contribution in [3.8, 4) is 0 Å². The highest BCUT2D eigenvalue weighted by atomic mass is 16.5. The second-order valence-electron chi connectivity index (χ2n) is 7.30. The Hall–Kier alpha value is -2.41. The van der Waals surface area contributed by atoms with Gasteiger partial charge in [0.1, 0.15) is 0 Å². The summed E-state index contributed by atoms with van der Waals surface area (Å²) >= 11 is 0. The van der Waals surface area contributed by atoms with Gasteiger partial charge in [0, 0.05) is 26.1 Å². The third-order valence-corrected chi connectivity index (χ3v) is 5.06. The maximum absolute atomic E-state index is 12.6. The van der Waals surface area contributed by atoms with Crippen molar-refractivity contribution in [1.82, 2.24) is 10.2 Å². The van der Waals surface area contributed by atoms with Gasteiger partial charge in [0.25, 0.3) is 0 Å². The van der Waals surface area contributed by atoms with Gasteiger partial charge in [-0.25, -0.2) is 0 Å². The number of benzene rings is 1. The molecule has 0 aromatic heterocycles. The summed E-state index contributed by atoms with van der Waals surface area (Å²) in [6, 6.07) is 7.95. The molecule has 1 aromatic rings. The SMILES string of the molecule is Cc1ccc(CN2CC(C(=O)NC3(CC(=O)O)CCOC3)CC2=O)cc1. The van der Waals surface area contributed by atoms with E-state index in [4.69, 9.17) is 9.84 Å². The van der Waals surface area contributed by atoms with Gasteiger partial charge >= 0.3 is 5.97 Å². The summed E-state index contributed by atoms with van der Waals surface area (Å²) in [6.07, 6.45) is 0.451. The molecular weight excluding hydrogens is 336 g/mol. The van der Waals surface area contributed by atoms with Crippen LogP contribution in [0.4, 0.5) is 0 Å². The molecule has 2 aliphatic heterocycles. The summed E-state index contributed by atoms with van der Waals surface area (Å²) in [5.74, 6) is -1.75. The van der Waals surface area contributed by atoms with Crippen LogP contribution in [0, 0.1) is 12.8 Å². The second kappa shape index (κ2) is 7.45. The van der Waals surface area contributed by atoms with Gasteiger partial charge in [-0.1, -0.05) is 29.8 Å². The molecule has 2 fully saturated rings. The van der Waals surface area contributed by atoms with Crippen molar-refractivity contribution in [1.29, 1.82) is 0 Å². The fraction of sp³-hybridized carbons (Fsp3) is 0.526. The van der Waals surface area contributed by atoms with Crippen LogP contribution in [0.1, 0.15) is 30.4 Å². The first kappa shape index (κ1) is 18.4. The standard InChI is InChI=1S/C19H24N2O5/c1-13-2-4-14(5-3-13)10-21-11-15(8-16(21)22)18(25)20-19(9-17(23)24)6-7-26-12-19/h2-5,15H,6-12H2,1H3,(H,20,25)(H,23,24). The topological polar surface area (TPSA) is 95.9 Å². The molecule has 7 nitrogen and oxygen atoms in total. The van der Waals surface area contributed by atoms with E-state index in [9.17, 15) is 14.4 Å².